The second kappa shape index (κ2) is 16.0. The van der Waals surface area contributed by atoms with E-state index in [0.29, 0.717) is 24.1 Å². The molecular formula is C34H49N5O6S2. The van der Waals surface area contributed by atoms with E-state index in [1.54, 1.807) is 43.6 Å². The molecule has 1 saturated heterocycles. The number of benzene rings is 1. The minimum absolute atomic E-state index is 0.00389. The van der Waals surface area contributed by atoms with Gasteiger partial charge in [-0.1, -0.05) is 26.8 Å². The maximum absolute atomic E-state index is 12.4. The highest BCUT2D eigenvalue weighted by atomic mass is 32.2. The SMILES string of the molecule is C=CC1CC1C(=O)NS(=O)(=O)C1(C)CC1.CC1CCNC1C.COc1ccc2c(=O)cc(-c3nc(C(C)C)cs3)[nH]c2c1C.NC=O. The number of pyridine rings is 1. The van der Waals surface area contributed by atoms with Crippen LogP contribution in [-0.2, 0) is 19.6 Å². The number of allylic oxidation sites excluding steroid dienone is 1. The van der Waals surface area contributed by atoms with Gasteiger partial charge < -0.3 is 20.8 Å². The number of hydrogen-bond acceptors (Lipinski definition) is 9. The molecule has 258 valence electrons. The largest absolute Gasteiger partial charge is 0.496 e. The normalized spacial score (nSPS) is 22.0. The van der Waals surface area contributed by atoms with Crippen LogP contribution in [0.2, 0.25) is 0 Å². The summed E-state index contributed by atoms with van der Waals surface area (Å²) in [6, 6.07) is 6.01. The number of hydrogen-bond donors (Lipinski definition) is 4. The van der Waals surface area contributed by atoms with Crippen molar-refractivity contribution in [3.63, 3.8) is 0 Å². The number of nitrogens with two attached hydrogens (primary N) is 1. The fourth-order valence-electron chi connectivity index (χ4n) is 4.99. The number of H-pyrrole nitrogens is 1. The van der Waals surface area contributed by atoms with Crippen molar-refractivity contribution in [2.75, 3.05) is 13.7 Å². The number of rotatable bonds is 7. The summed E-state index contributed by atoms with van der Waals surface area (Å²) in [4.78, 5) is 40.5. The first-order valence-electron chi connectivity index (χ1n) is 15.9. The van der Waals surface area contributed by atoms with Crippen molar-refractivity contribution in [1.82, 2.24) is 20.0 Å². The van der Waals surface area contributed by atoms with Gasteiger partial charge >= 0.3 is 0 Å². The number of fused-ring (bicyclic) bond motifs is 1. The number of carbonyl (C=O) groups is 2. The first-order chi connectivity index (χ1) is 22.1. The molecule has 1 aliphatic heterocycles. The second-order valence-corrected chi connectivity index (χ2v) is 16.0. The zero-order valence-corrected chi connectivity index (χ0v) is 30.0. The number of aryl methyl sites for hydroxylation is 1. The topological polar surface area (TPSA) is 173 Å². The van der Waals surface area contributed by atoms with Crippen molar-refractivity contribution < 1.29 is 22.7 Å². The Bertz CT molecular complexity index is 1720. The molecule has 4 unspecified atom stereocenters. The van der Waals surface area contributed by atoms with Gasteiger partial charge in [-0.25, -0.2) is 13.4 Å². The molecule has 0 radical (unpaired) electrons. The Morgan fingerprint density at radius 3 is 2.38 bits per heavy atom. The molecule has 4 atom stereocenters. The number of nitrogens with one attached hydrogen (secondary N) is 3. The van der Waals surface area contributed by atoms with E-state index in [2.05, 4.69) is 60.0 Å². The third-order valence-electron chi connectivity index (χ3n) is 9.02. The van der Waals surface area contributed by atoms with Crippen LogP contribution in [0.25, 0.3) is 21.6 Å². The fourth-order valence-corrected chi connectivity index (χ4v) is 7.25. The van der Waals surface area contributed by atoms with Crippen LogP contribution >= 0.6 is 11.3 Å². The summed E-state index contributed by atoms with van der Waals surface area (Å²) in [5.74, 6) is 1.65. The lowest BCUT2D eigenvalue weighted by Gasteiger charge is -2.11. The van der Waals surface area contributed by atoms with Crippen molar-refractivity contribution in [2.45, 2.75) is 83.9 Å². The highest BCUT2D eigenvalue weighted by Gasteiger charge is 2.52. The molecule has 6 rings (SSSR count). The van der Waals surface area contributed by atoms with E-state index >= 15 is 0 Å². The van der Waals surface area contributed by atoms with Crippen LogP contribution in [0.4, 0.5) is 0 Å². The summed E-state index contributed by atoms with van der Waals surface area (Å²) in [6.45, 7) is 17.2. The van der Waals surface area contributed by atoms with Gasteiger partial charge in [0.1, 0.15) is 10.8 Å². The molecule has 2 amide bonds. The number of ether oxygens (including phenoxy) is 1. The summed E-state index contributed by atoms with van der Waals surface area (Å²) in [6.07, 6.45) is 5.33. The highest BCUT2D eigenvalue weighted by molar-refractivity contribution is 7.91. The lowest BCUT2D eigenvalue weighted by Crippen LogP contribution is -2.39. The summed E-state index contributed by atoms with van der Waals surface area (Å²) in [5.41, 5.74) is 7.70. The van der Waals surface area contributed by atoms with Gasteiger partial charge in [-0.3, -0.25) is 19.1 Å². The molecule has 2 aliphatic carbocycles. The van der Waals surface area contributed by atoms with Gasteiger partial charge in [0.05, 0.1) is 28.8 Å². The van der Waals surface area contributed by atoms with Crippen molar-refractivity contribution in [1.29, 1.82) is 0 Å². The van der Waals surface area contributed by atoms with Gasteiger partial charge in [-0.2, -0.15) is 0 Å². The molecule has 13 heteroatoms. The zero-order valence-electron chi connectivity index (χ0n) is 28.4. The van der Waals surface area contributed by atoms with Crippen molar-refractivity contribution in [2.24, 2.45) is 23.5 Å². The van der Waals surface area contributed by atoms with E-state index < -0.39 is 14.8 Å². The van der Waals surface area contributed by atoms with Gasteiger partial charge in [0.2, 0.25) is 22.3 Å². The lowest BCUT2D eigenvalue weighted by molar-refractivity contribution is -0.120. The summed E-state index contributed by atoms with van der Waals surface area (Å²) in [5, 5.41) is 6.92. The van der Waals surface area contributed by atoms with Gasteiger partial charge in [-0.05, 0) is 82.9 Å². The van der Waals surface area contributed by atoms with E-state index in [0.717, 1.165) is 51.6 Å². The van der Waals surface area contributed by atoms with E-state index in [4.69, 9.17) is 9.53 Å². The third-order valence-corrected chi connectivity index (χ3v) is 12.1. The molecule has 3 heterocycles. The van der Waals surface area contributed by atoms with Crippen molar-refractivity contribution in [3.8, 4) is 16.5 Å². The van der Waals surface area contributed by atoms with E-state index in [1.165, 1.54) is 13.0 Å². The van der Waals surface area contributed by atoms with Crippen molar-refractivity contribution in [3.05, 3.63) is 57.7 Å². The van der Waals surface area contributed by atoms with Gasteiger partial charge in [-0.15, -0.1) is 17.9 Å². The predicted octanol–water partition coefficient (Wildman–Crippen LogP) is 5.00. The molecule has 3 fully saturated rings. The van der Waals surface area contributed by atoms with Gasteiger partial charge in [0, 0.05) is 34.4 Å². The molecule has 11 nitrogen and oxygen atoms in total. The van der Waals surface area contributed by atoms with Crippen LogP contribution in [0.1, 0.15) is 77.5 Å². The third kappa shape index (κ3) is 9.51. The molecule has 1 aromatic carbocycles. The Morgan fingerprint density at radius 2 is 1.94 bits per heavy atom. The average molecular weight is 688 g/mol. The Morgan fingerprint density at radius 1 is 1.28 bits per heavy atom. The number of carbonyl (C=O) groups excluding carboxylic acids is 2. The number of amides is 2. The summed E-state index contributed by atoms with van der Waals surface area (Å²) < 4.78 is 30.2. The quantitative estimate of drug-likeness (QED) is 0.198. The Labute approximate surface area is 281 Å². The maximum atomic E-state index is 12.4. The number of thiazole rings is 1. The monoisotopic (exact) mass is 687 g/mol. The predicted molar refractivity (Wildman–Crippen MR) is 189 cm³/mol. The number of methoxy groups -OCH3 is 1. The summed E-state index contributed by atoms with van der Waals surface area (Å²) >= 11 is 1.55. The fraction of sp³-hybridized carbons (Fsp3) is 0.529. The maximum Gasteiger partial charge on any atom is 0.240 e. The van der Waals surface area contributed by atoms with Crippen LogP contribution in [0, 0.1) is 24.7 Å². The Balaban J connectivity index is 0.000000206. The van der Waals surface area contributed by atoms with Gasteiger partial charge in [0.25, 0.3) is 0 Å². The van der Waals surface area contributed by atoms with Crippen LogP contribution in [0.15, 0.2) is 41.0 Å². The Kier molecular flexibility index (Phi) is 12.9. The zero-order chi connectivity index (χ0) is 35.1. The first-order valence-corrected chi connectivity index (χ1v) is 18.2. The van der Waals surface area contributed by atoms with E-state index in [1.807, 2.05) is 18.4 Å². The minimum atomic E-state index is -3.46. The molecule has 3 aromatic rings. The smallest absolute Gasteiger partial charge is 0.240 e. The number of aromatic amines is 1. The van der Waals surface area contributed by atoms with E-state index in [9.17, 15) is 18.0 Å². The molecule has 0 bridgehead atoms. The van der Waals surface area contributed by atoms with Crippen LogP contribution in [0.5, 0.6) is 5.75 Å². The average Bonchev–Trinajstić information content (AvgIpc) is 3.89. The number of primary amides is 1. The molecule has 2 saturated carbocycles. The number of sulfonamides is 1. The van der Waals surface area contributed by atoms with Crippen molar-refractivity contribution >= 4 is 44.6 Å². The number of aromatic nitrogens is 2. The van der Waals surface area contributed by atoms with E-state index in [-0.39, 0.29) is 29.6 Å². The summed E-state index contributed by atoms with van der Waals surface area (Å²) in [7, 11) is -1.83. The first kappa shape index (κ1) is 37.9. The highest BCUT2D eigenvalue weighted by Crippen LogP contribution is 2.44. The minimum Gasteiger partial charge on any atom is -0.496 e. The molecule has 47 heavy (non-hydrogen) atoms. The number of nitrogens with zero attached hydrogens (tertiary/aromatic N) is 1. The molecular weight excluding hydrogens is 639 g/mol. The molecule has 2 aromatic heterocycles. The van der Waals surface area contributed by atoms with Crippen LogP contribution in [0.3, 0.4) is 0 Å². The molecule has 5 N–H and O–H groups in total. The van der Waals surface area contributed by atoms with Crippen LogP contribution < -0.4 is 25.9 Å². The Hall–Kier alpha value is -3.55. The molecule has 0 spiro atoms. The second-order valence-electron chi connectivity index (χ2n) is 12.9. The van der Waals surface area contributed by atoms with Gasteiger partial charge in [0.15, 0.2) is 5.43 Å². The standard InChI is InChI=1S/C17H18N2O2S.C10H15NO3S.C6H13N.CH3NO/c1-9(2)13-8-22-17(19-13)12-7-14(20)11-5-6-15(21-4)10(3)16(11)18-12;1-3-7-6-8(7)9(12)11-15(13,14)10(2)4-5-10;1-5-3-4-7-6(5)2;2-1-3/h5-9H,1-4H3,(H,18,20);3,7-8H,1,4-6H2,2H3,(H,11,12);5-7H,3-4H2,1-2H3;1H,(H2,2,3). The van der Waals surface area contributed by atoms with Crippen LogP contribution in [-0.4, -0.2) is 55.1 Å². The lowest BCUT2D eigenvalue weighted by atomic mass is 10.1. The molecule has 3 aliphatic rings.